The lowest BCUT2D eigenvalue weighted by Crippen LogP contribution is -2.31. The van der Waals surface area contributed by atoms with Gasteiger partial charge in [-0.2, -0.15) is 11.8 Å². The van der Waals surface area contributed by atoms with Crippen LogP contribution in [0, 0.1) is 17.5 Å². The lowest BCUT2D eigenvalue weighted by molar-refractivity contribution is 0.431. The first-order valence-corrected chi connectivity index (χ1v) is 6.23. The van der Waals surface area contributed by atoms with E-state index in [1.807, 2.05) is 13.8 Å². The van der Waals surface area contributed by atoms with E-state index >= 15 is 0 Å². The molecule has 0 amide bonds. The van der Waals surface area contributed by atoms with Crippen molar-refractivity contribution in [2.45, 2.75) is 25.1 Å². The Kier molecular flexibility index (Phi) is 5.30. The minimum absolute atomic E-state index is 0.0413. The van der Waals surface area contributed by atoms with Gasteiger partial charge in [0.05, 0.1) is 6.04 Å². The Morgan fingerprint density at radius 3 is 2.41 bits per heavy atom. The summed E-state index contributed by atoms with van der Waals surface area (Å²) in [6.45, 7) is 3.97. The zero-order valence-corrected chi connectivity index (χ0v) is 10.5. The molecule has 3 N–H and O–H groups in total. The molecule has 0 spiro atoms. The second kappa shape index (κ2) is 6.28. The molecule has 2 nitrogen and oxygen atoms in total. The maximum absolute atomic E-state index is 13.5. The highest BCUT2D eigenvalue weighted by Gasteiger charge is 2.20. The van der Waals surface area contributed by atoms with E-state index in [2.05, 4.69) is 5.43 Å². The third-order valence-corrected chi connectivity index (χ3v) is 3.43. The summed E-state index contributed by atoms with van der Waals surface area (Å²) in [6.07, 6.45) is 0. The van der Waals surface area contributed by atoms with Crippen LogP contribution in [-0.4, -0.2) is 11.0 Å². The zero-order chi connectivity index (χ0) is 13.0. The Morgan fingerprint density at radius 1 is 1.24 bits per heavy atom. The number of rotatable bonds is 5. The van der Waals surface area contributed by atoms with E-state index in [4.69, 9.17) is 5.84 Å². The summed E-state index contributed by atoms with van der Waals surface area (Å²) in [6, 6.07) is 1.56. The summed E-state index contributed by atoms with van der Waals surface area (Å²) in [5, 5.41) is 0.346. The first-order valence-electron chi connectivity index (χ1n) is 5.18. The number of hydrogen-bond acceptors (Lipinski definition) is 3. The highest BCUT2D eigenvalue weighted by Crippen LogP contribution is 2.25. The summed E-state index contributed by atoms with van der Waals surface area (Å²) < 4.78 is 39.3. The molecule has 1 aromatic carbocycles. The first-order chi connectivity index (χ1) is 7.97. The number of thioether (sulfide) groups is 1. The van der Waals surface area contributed by atoms with E-state index in [-0.39, 0.29) is 5.56 Å². The predicted octanol–water partition coefficient (Wildman–Crippen LogP) is 2.75. The highest BCUT2D eigenvalue weighted by molar-refractivity contribution is 7.99. The quantitative estimate of drug-likeness (QED) is 0.488. The van der Waals surface area contributed by atoms with Crippen LogP contribution in [0.3, 0.4) is 0 Å². The summed E-state index contributed by atoms with van der Waals surface area (Å²) >= 11 is 1.55. The average molecular weight is 264 g/mol. The average Bonchev–Trinajstić information content (AvgIpc) is 2.29. The molecule has 0 saturated heterocycles. The lowest BCUT2D eigenvalue weighted by atomic mass is 10.1. The fourth-order valence-electron chi connectivity index (χ4n) is 1.33. The van der Waals surface area contributed by atoms with Gasteiger partial charge in [-0.1, -0.05) is 19.9 Å². The van der Waals surface area contributed by atoms with Gasteiger partial charge in [0.2, 0.25) is 0 Å². The molecule has 0 radical (unpaired) electrons. The fraction of sp³-hybridized carbons (Fsp3) is 0.455. The van der Waals surface area contributed by atoms with Crippen molar-refractivity contribution < 1.29 is 13.2 Å². The Labute approximate surface area is 103 Å². The molecule has 1 aromatic rings. The molecular weight excluding hydrogens is 249 g/mol. The Bertz CT molecular complexity index is 385. The van der Waals surface area contributed by atoms with Crippen LogP contribution < -0.4 is 11.3 Å². The molecule has 1 rings (SSSR count). The van der Waals surface area contributed by atoms with Crippen molar-refractivity contribution in [3.63, 3.8) is 0 Å². The van der Waals surface area contributed by atoms with Gasteiger partial charge in [0.25, 0.3) is 0 Å². The van der Waals surface area contributed by atoms with E-state index in [0.29, 0.717) is 11.0 Å². The molecule has 0 aromatic heterocycles. The van der Waals surface area contributed by atoms with Crippen LogP contribution in [0.15, 0.2) is 12.1 Å². The molecule has 6 heteroatoms. The maximum Gasteiger partial charge on any atom is 0.194 e. The number of halogens is 3. The number of hydrogen-bond donors (Lipinski definition) is 2. The van der Waals surface area contributed by atoms with Gasteiger partial charge >= 0.3 is 0 Å². The zero-order valence-electron chi connectivity index (χ0n) is 9.64. The van der Waals surface area contributed by atoms with Crippen molar-refractivity contribution in [1.29, 1.82) is 0 Å². The van der Waals surface area contributed by atoms with Gasteiger partial charge in [0, 0.05) is 11.3 Å². The van der Waals surface area contributed by atoms with Gasteiger partial charge in [-0.15, -0.1) is 0 Å². The normalized spacial score (nSPS) is 13.1. The van der Waals surface area contributed by atoms with Crippen molar-refractivity contribution in [2.75, 3.05) is 5.75 Å². The molecule has 0 heterocycles. The van der Waals surface area contributed by atoms with Crippen LogP contribution in [0.25, 0.3) is 0 Å². The molecule has 0 aliphatic heterocycles. The Hall–Kier alpha value is -0.720. The van der Waals surface area contributed by atoms with Crippen LogP contribution >= 0.6 is 11.8 Å². The van der Waals surface area contributed by atoms with Gasteiger partial charge in [-0.05, 0) is 11.3 Å². The van der Waals surface area contributed by atoms with E-state index in [9.17, 15) is 13.2 Å². The number of hydrazine groups is 1. The van der Waals surface area contributed by atoms with Crippen LogP contribution in [0.4, 0.5) is 13.2 Å². The largest absolute Gasteiger partial charge is 0.271 e. The Morgan fingerprint density at radius 2 is 1.88 bits per heavy atom. The van der Waals surface area contributed by atoms with Crippen LogP contribution in [-0.2, 0) is 0 Å². The van der Waals surface area contributed by atoms with Crippen molar-refractivity contribution in [3.8, 4) is 0 Å². The molecule has 1 atom stereocenters. The summed E-state index contributed by atoms with van der Waals surface area (Å²) in [7, 11) is 0. The number of nitrogens with two attached hydrogens (primary N) is 1. The van der Waals surface area contributed by atoms with E-state index in [0.717, 1.165) is 6.07 Å². The first kappa shape index (κ1) is 14.3. The molecule has 0 saturated carbocycles. The smallest absolute Gasteiger partial charge is 0.194 e. The Balaban J connectivity index is 2.92. The number of benzene rings is 1. The molecule has 0 aliphatic carbocycles. The van der Waals surface area contributed by atoms with Gasteiger partial charge < -0.3 is 0 Å². The van der Waals surface area contributed by atoms with E-state index in [1.54, 1.807) is 11.8 Å². The second-order valence-corrected chi connectivity index (χ2v) is 5.48. The van der Waals surface area contributed by atoms with Crippen LogP contribution in [0.5, 0.6) is 0 Å². The third-order valence-electron chi connectivity index (χ3n) is 2.24. The van der Waals surface area contributed by atoms with E-state index < -0.39 is 23.5 Å². The van der Waals surface area contributed by atoms with Crippen molar-refractivity contribution >= 4 is 11.8 Å². The standard InChI is InChI=1S/C11H15F3N2S/c1-6(2)17-5-9(16-15)7-3-4-8(12)11(14)10(7)13/h3-4,6,9,16H,5,15H2,1-2H3. The van der Waals surface area contributed by atoms with Crippen molar-refractivity contribution in [2.24, 2.45) is 5.84 Å². The fourth-order valence-corrected chi connectivity index (χ4v) is 2.18. The third kappa shape index (κ3) is 3.62. The summed E-state index contributed by atoms with van der Waals surface area (Å²) in [4.78, 5) is 0. The van der Waals surface area contributed by atoms with E-state index in [1.165, 1.54) is 6.07 Å². The maximum atomic E-state index is 13.5. The van der Waals surface area contributed by atoms with Crippen molar-refractivity contribution in [3.05, 3.63) is 35.1 Å². The molecule has 17 heavy (non-hydrogen) atoms. The summed E-state index contributed by atoms with van der Waals surface area (Å²) in [5.74, 6) is 1.94. The minimum atomic E-state index is -1.46. The molecule has 1 unspecified atom stereocenters. The molecule has 0 bridgehead atoms. The minimum Gasteiger partial charge on any atom is -0.271 e. The van der Waals surface area contributed by atoms with Crippen LogP contribution in [0.1, 0.15) is 25.5 Å². The van der Waals surface area contributed by atoms with Gasteiger partial charge in [0.1, 0.15) is 0 Å². The van der Waals surface area contributed by atoms with Gasteiger partial charge in [0.15, 0.2) is 17.5 Å². The van der Waals surface area contributed by atoms with Crippen molar-refractivity contribution in [1.82, 2.24) is 5.43 Å². The lowest BCUT2D eigenvalue weighted by Gasteiger charge is -2.18. The molecular formula is C11H15F3N2S. The molecule has 0 fully saturated rings. The van der Waals surface area contributed by atoms with Gasteiger partial charge in [-0.3, -0.25) is 11.3 Å². The topological polar surface area (TPSA) is 38.0 Å². The summed E-state index contributed by atoms with van der Waals surface area (Å²) in [5.41, 5.74) is 2.45. The van der Waals surface area contributed by atoms with Crippen LogP contribution in [0.2, 0.25) is 0 Å². The second-order valence-electron chi connectivity index (χ2n) is 3.87. The monoisotopic (exact) mass is 264 g/mol. The molecule has 0 aliphatic rings. The SMILES string of the molecule is CC(C)SCC(NN)c1ccc(F)c(F)c1F. The number of nitrogens with one attached hydrogen (secondary N) is 1. The predicted molar refractivity (Wildman–Crippen MR) is 64.0 cm³/mol. The highest BCUT2D eigenvalue weighted by atomic mass is 32.2. The van der Waals surface area contributed by atoms with Gasteiger partial charge in [-0.25, -0.2) is 13.2 Å². The molecule has 96 valence electrons.